The number of hydrogen-bond donors (Lipinski definition) is 0. The summed E-state index contributed by atoms with van der Waals surface area (Å²) in [4.78, 5) is 14.8. The third-order valence-electron chi connectivity index (χ3n) is 1.83. The quantitative estimate of drug-likeness (QED) is 0.666. The number of carbonyl (C=O) groups is 1. The maximum Gasteiger partial charge on any atom is 0.132 e. The van der Waals surface area contributed by atoms with E-state index in [-0.39, 0.29) is 0 Å². The summed E-state index contributed by atoms with van der Waals surface area (Å²) in [6.45, 7) is 2.80. The first-order valence-corrected chi connectivity index (χ1v) is 4.30. The molecule has 0 bridgehead atoms. The van der Waals surface area contributed by atoms with E-state index in [0.29, 0.717) is 18.6 Å². The van der Waals surface area contributed by atoms with Crippen LogP contribution in [0.4, 0.5) is 0 Å². The van der Waals surface area contributed by atoms with Crippen molar-refractivity contribution < 1.29 is 4.79 Å². The number of nitrogens with zero attached hydrogens (tertiary/aromatic N) is 2. The zero-order chi connectivity index (χ0) is 8.81. The predicted molar refractivity (Wildman–Crippen MR) is 46.8 cm³/mol. The first kappa shape index (κ1) is 8.97. The second-order valence-electron chi connectivity index (χ2n) is 2.80. The average Bonchev–Trinajstić information content (AvgIpc) is 2.57. The Balaban J connectivity index is 2.15. The number of Topliss-reactive ketones (excluding diaryl/α,β-unsaturated/α-hetero) is 1. The predicted octanol–water partition coefficient (Wildman–Crippen LogP) is 1.64. The minimum absolute atomic E-state index is 0.343. The molecular weight excluding hydrogens is 152 g/mol. The van der Waals surface area contributed by atoms with Crippen molar-refractivity contribution in [3.63, 3.8) is 0 Å². The van der Waals surface area contributed by atoms with E-state index in [1.165, 1.54) is 0 Å². The molecule has 1 heterocycles. The fraction of sp³-hybridized carbons (Fsp3) is 0.556. The SMILES string of the molecule is CCC(=O)CCCn1ccnc1. The Hall–Kier alpha value is -1.12. The van der Waals surface area contributed by atoms with Crippen LogP contribution >= 0.6 is 0 Å². The number of aromatic nitrogens is 2. The normalized spacial score (nSPS) is 10.1. The standard InChI is InChI=1S/C9H14N2O/c1-2-9(12)4-3-6-11-7-5-10-8-11/h5,7-8H,2-4,6H2,1H3. The van der Waals surface area contributed by atoms with Gasteiger partial charge in [0.1, 0.15) is 5.78 Å². The van der Waals surface area contributed by atoms with Crippen molar-refractivity contribution in [1.82, 2.24) is 9.55 Å². The van der Waals surface area contributed by atoms with Gasteiger partial charge in [-0.25, -0.2) is 4.98 Å². The molecule has 0 saturated heterocycles. The maximum atomic E-state index is 10.9. The molecule has 66 valence electrons. The second-order valence-corrected chi connectivity index (χ2v) is 2.80. The summed E-state index contributed by atoms with van der Waals surface area (Å²) < 4.78 is 1.99. The van der Waals surface area contributed by atoms with Crippen LogP contribution in [0.25, 0.3) is 0 Å². The van der Waals surface area contributed by atoms with E-state index >= 15 is 0 Å². The summed E-state index contributed by atoms with van der Waals surface area (Å²) in [6, 6.07) is 0. The smallest absolute Gasteiger partial charge is 0.132 e. The third kappa shape index (κ3) is 2.86. The minimum Gasteiger partial charge on any atom is -0.337 e. The number of rotatable bonds is 5. The molecule has 0 fully saturated rings. The largest absolute Gasteiger partial charge is 0.337 e. The van der Waals surface area contributed by atoms with E-state index in [1.807, 2.05) is 17.7 Å². The molecule has 1 rings (SSSR count). The summed E-state index contributed by atoms with van der Waals surface area (Å²) in [7, 11) is 0. The van der Waals surface area contributed by atoms with Crippen LogP contribution < -0.4 is 0 Å². The van der Waals surface area contributed by atoms with Crippen LogP contribution in [-0.4, -0.2) is 15.3 Å². The Labute approximate surface area is 72.4 Å². The lowest BCUT2D eigenvalue weighted by Gasteiger charge is -1.99. The van der Waals surface area contributed by atoms with E-state index in [4.69, 9.17) is 0 Å². The molecule has 0 aliphatic rings. The Kier molecular flexibility index (Phi) is 3.51. The molecule has 3 nitrogen and oxygen atoms in total. The number of ketones is 1. The van der Waals surface area contributed by atoms with Crippen LogP contribution in [0.3, 0.4) is 0 Å². The van der Waals surface area contributed by atoms with E-state index in [1.54, 1.807) is 12.5 Å². The molecular formula is C9H14N2O. The van der Waals surface area contributed by atoms with Crippen LogP contribution in [-0.2, 0) is 11.3 Å². The first-order chi connectivity index (χ1) is 5.83. The van der Waals surface area contributed by atoms with Gasteiger partial charge in [-0.2, -0.15) is 0 Å². The monoisotopic (exact) mass is 166 g/mol. The summed E-state index contributed by atoms with van der Waals surface area (Å²) in [5, 5.41) is 0. The van der Waals surface area contributed by atoms with Crippen LogP contribution in [0.1, 0.15) is 26.2 Å². The van der Waals surface area contributed by atoms with Gasteiger partial charge in [0.05, 0.1) is 6.33 Å². The third-order valence-corrected chi connectivity index (χ3v) is 1.83. The topological polar surface area (TPSA) is 34.9 Å². The zero-order valence-corrected chi connectivity index (χ0v) is 7.36. The van der Waals surface area contributed by atoms with E-state index in [0.717, 1.165) is 13.0 Å². The maximum absolute atomic E-state index is 10.9. The molecule has 0 radical (unpaired) electrons. The van der Waals surface area contributed by atoms with Gasteiger partial charge in [-0.05, 0) is 6.42 Å². The Morgan fingerprint density at radius 1 is 1.58 bits per heavy atom. The highest BCUT2D eigenvalue weighted by Crippen LogP contribution is 1.97. The summed E-state index contributed by atoms with van der Waals surface area (Å²) in [5.41, 5.74) is 0. The van der Waals surface area contributed by atoms with Gasteiger partial charge in [0.25, 0.3) is 0 Å². The minimum atomic E-state index is 0.343. The Bertz CT molecular complexity index is 229. The highest BCUT2D eigenvalue weighted by atomic mass is 16.1. The van der Waals surface area contributed by atoms with Gasteiger partial charge in [0.15, 0.2) is 0 Å². The van der Waals surface area contributed by atoms with Gasteiger partial charge in [0.2, 0.25) is 0 Å². The lowest BCUT2D eigenvalue weighted by atomic mass is 10.2. The number of carbonyl (C=O) groups excluding carboxylic acids is 1. The summed E-state index contributed by atoms with van der Waals surface area (Å²) in [6.07, 6.45) is 7.70. The Morgan fingerprint density at radius 2 is 2.42 bits per heavy atom. The Morgan fingerprint density at radius 3 is 3.00 bits per heavy atom. The van der Waals surface area contributed by atoms with Crippen LogP contribution in [0.15, 0.2) is 18.7 Å². The van der Waals surface area contributed by atoms with Crippen molar-refractivity contribution in [3.05, 3.63) is 18.7 Å². The highest BCUT2D eigenvalue weighted by molar-refractivity contribution is 5.77. The van der Waals surface area contributed by atoms with Gasteiger partial charge in [-0.15, -0.1) is 0 Å². The van der Waals surface area contributed by atoms with Crippen LogP contribution in [0.2, 0.25) is 0 Å². The van der Waals surface area contributed by atoms with Crippen LogP contribution in [0.5, 0.6) is 0 Å². The van der Waals surface area contributed by atoms with E-state index in [9.17, 15) is 4.79 Å². The summed E-state index contributed by atoms with van der Waals surface area (Å²) >= 11 is 0. The van der Waals surface area contributed by atoms with Gasteiger partial charge in [-0.1, -0.05) is 6.92 Å². The molecule has 0 spiro atoms. The number of imidazole rings is 1. The van der Waals surface area contributed by atoms with Crippen molar-refractivity contribution in [2.75, 3.05) is 0 Å². The van der Waals surface area contributed by atoms with Gasteiger partial charge < -0.3 is 4.57 Å². The fourth-order valence-electron chi connectivity index (χ4n) is 1.05. The van der Waals surface area contributed by atoms with Gasteiger partial charge in [-0.3, -0.25) is 4.79 Å². The molecule has 0 atom stereocenters. The van der Waals surface area contributed by atoms with Crippen molar-refractivity contribution in [3.8, 4) is 0 Å². The van der Waals surface area contributed by atoms with E-state index in [2.05, 4.69) is 4.98 Å². The fourth-order valence-corrected chi connectivity index (χ4v) is 1.05. The number of hydrogen-bond acceptors (Lipinski definition) is 2. The molecule has 0 N–H and O–H groups in total. The average molecular weight is 166 g/mol. The molecule has 0 aromatic carbocycles. The number of aryl methyl sites for hydroxylation is 1. The van der Waals surface area contributed by atoms with Gasteiger partial charge in [0, 0.05) is 31.8 Å². The molecule has 0 amide bonds. The molecule has 0 aliphatic carbocycles. The summed E-state index contributed by atoms with van der Waals surface area (Å²) in [5.74, 6) is 0.343. The van der Waals surface area contributed by atoms with Crippen molar-refractivity contribution in [2.45, 2.75) is 32.7 Å². The molecule has 3 heteroatoms. The molecule has 12 heavy (non-hydrogen) atoms. The molecule has 0 saturated carbocycles. The molecule has 1 aromatic rings. The first-order valence-electron chi connectivity index (χ1n) is 4.30. The van der Waals surface area contributed by atoms with Crippen molar-refractivity contribution in [2.24, 2.45) is 0 Å². The lowest BCUT2D eigenvalue weighted by molar-refractivity contribution is -0.118. The van der Waals surface area contributed by atoms with Crippen molar-refractivity contribution in [1.29, 1.82) is 0 Å². The molecule has 1 aromatic heterocycles. The van der Waals surface area contributed by atoms with E-state index < -0.39 is 0 Å². The van der Waals surface area contributed by atoms with Gasteiger partial charge >= 0.3 is 0 Å². The highest BCUT2D eigenvalue weighted by Gasteiger charge is 1.97. The zero-order valence-electron chi connectivity index (χ0n) is 7.36. The second kappa shape index (κ2) is 4.70. The van der Waals surface area contributed by atoms with Crippen molar-refractivity contribution >= 4 is 5.78 Å². The lowest BCUT2D eigenvalue weighted by Crippen LogP contribution is -1.99. The molecule has 0 aliphatic heterocycles. The van der Waals surface area contributed by atoms with Crippen LogP contribution in [0, 0.1) is 0 Å². The molecule has 0 unspecified atom stereocenters.